The summed E-state index contributed by atoms with van der Waals surface area (Å²) >= 11 is 0. The first-order valence-corrected chi connectivity index (χ1v) is 3.57. The first-order valence-electron chi connectivity index (χ1n) is 3.57. The zero-order valence-corrected chi connectivity index (χ0v) is 14.9. The van der Waals surface area contributed by atoms with Gasteiger partial charge in [-0.3, -0.25) is 19.6 Å². The van der Waals surface area contributed by atoms with Crippen LogP contribution in [-0.2, 0) is 0 Å². The number of H-pyrrole nitrogens is 4. The molecule has 0 aliphatic heterocycles. The molecule has 10 heteroatoms. The summed E-state index contributed by atoms with van der Waals surface area (Å²) in [6.07, 6.45) is 0. The minimum absolute atomic E-state index is 0. The van der Waals surface area contributed by atoms with E-state index in [4.69, 9.17) is 0 Å². The van der Waals surface area contributed by atoms with Crippen LogP contribution in [0, 0.1) is 0 Å². The Kier molecular flexibility index (Phi) is 7.10. The van der Waals surface area contributed by atoms with Crippen molar-refractivity contribution in [3.05, 3.63) is 41.7 Å². The third-order valence-electron chi connectivity index (χ3n) is 1.64. The fourth-order valence-corrected chi connectivity index (χ4v) is 1.09. The number of hydrogen-bond donors (Lipinski definition) is 4. The summed E-state index contributed by atoms with van der Waals surface area (Å²) in [4.78, 5) is 51.7. The Balaban J connectivity index is 0.00000112. The fourth-order valence-electron chi connectivity index (χ4n) is 1.09. The van der Waals surface area contributed by atoms with E-state index in [1.807, 2.05) is 9.97 Å². The molecular weight excluding hydrogens is 270 g/mol. The van der Waals surface area contributed by atoms with Gasteiger partial charge < -0.3 is 9.97 Å². The number of rotatable bonds is 0. The molecule has 0 unspecified atom stereocenters. The van der Waals surface area contributed by atoms with Gasteiger partial charge in [0.25, 0.3) is 11.1 Å². The molecule has 0 aliphatic rings. The molecule has 4 N–H and O–H groups in total. The third kappa shape index (κ3) is 3.44. The van der Waals surface area contributed by atoms with Crippen molar-refractivity contribution in [1.82, 2.24) is 19.9 Å². The van der Waals surface area contributed by atoms with E-state index in [-0.39, 0.29) is 114 Å². The molecule has 8 nitrogen and oxygen atoms in total. The van der Waals surface area contributed by atoms with Gasteiger partial charge in [-0.05, 0) is 0 Å². The van der Waals surface area contributed by atoms with Crippen molar-refractivity contribution in [3.63, 3.8) is 0 Å². The number of nitrogens with one attached hydrogen (secondary N) is 4. The molecule has 0 bridgehead atoms. The van der Waals surface area contributed by atoms with Crippen LogP contribution in [0.4, 0.5) is 0 Å². The van der Waals surface area contributed by atoms with Gasteiger partial charge in [-0.2, -0.15) is 0 Å². The molecule has 0 saturated carbocycles. The Morgan fingerprint density at radius 2 is 0.875 bits per heavy atom. The molecule has 2 aromatic heterocycles. The van der Waals surface area contributed by atoms with Gasteiger partial charge in [0.2, 0.25) is 0 Å². The second kappa shape index (κ2) is 6.73. The van der Waals surface area contributed by atoms with Crippen molar-refractivity contribution in [2.24, 2.45) is 0 Å². The molecule has 0 atom stereocenters. The Morgan fingerprint density at radius 3 is 1.19 bits per heavy atom. The number of hydrogen-bond acceptors (Lipinski definition) is 4. The maximum Gasteiger partial charge on any atom is 1.00 e. The standard InChI is InChI=1S/C6H4N4O4.2K/c11-3-1-2(8-6(14)9-3)4(12)10-5(13)7-1;;/h(H2,7,10,12,13)(H2,8,9,11,14);;/q;2*+1. The molecule has 2 rings (SSSR count). The van der Waals surface area contributed by atoms with Crippen molar-refractivity contribution < 1.29 is 103 Å². The summed E-state index contributed by atoms with van der Waals surface area (Å²) in [5, 5.41) is 0. The summed E-state index contributed by atoms with van der Waals surface area (Å²) in [5.74, 6) is 0. The molecular formula is C6H4K2N4O4+2. The largest absolute Gasteiger partial charge is 1.00 e. The van der Waals surface area contributed by atoms with Crippen LogP contribution in [0.1, 0.15) is 0 Å². The van der Waals surface area contributed by atoms with Gasteiger partial charge in [-0.1, -0.05) is 0 Å². The van der Waals surface area contributed by atoms with Crippen LogP contribution in [0.5, 0.6) is 0 Å². The van der Waals surface area contributed by atoms with Gasteiger partial charge in [-0.15, -0.1) is 0 Å². The smallest absolute Gasteiger partial charge is 0.301 e. The van der Waals surface area contributed by atoms with E-state index in [9.17, 15) is 19.2 Å². The van der Waals surface area contributed by atoms with Crippen LogP contribution in [0.15, 0.2) is 19.2 Å². The summed E-state index contributed by atoms with van der Waals surface area (Å²) in [5.41, 5.74) is -3.74. The predicted octanol–water partition coefficient (Wildman–Crippen LogP) is -8.40. The first kappa shape index (κ1) is 16.9. The second-order valence-electron chi connectivity index (χ2n) is 2.57. The van der Waals surface area contributed by atoms with Crippen molar-refractivity contribution in [1.29, 1.82) is 0 Å². The predicted molar refractivity (Wildman–Crippen MR) is 46.4 cm³/mol. The molecule has 72 valence electrons. The minimum Gasteiger partial charge on any atom is -0.301 e. The van der Waals surface area contributed by atoms with Gasteiger partial charge in [-0.25, -0.2) is 9.59 Å². The van der Waals surface area contributed by atoms with Gasteiger partial charge in [0.05, 0.1) is 0 Å². The maximum absolute atomic E-state index is 11.1. The van der Waals surface area contributed by atoms with Crippen molar-refractivity contribution >= 4 is 11.0 Å². The monoisotopic (exact) mass is 274 g/mol. The molecule has 0 amide bonds. The van der Waals surface area contributed by atoms with E-state index >= 15 is 0 Å². The van der Waals surface area contributed by atoms with Crippen molar-refractivity contribution in [2.45, 2.75) is 0 Å². The molecule has 0 aromatic carbocycles. The van der Waals surface area contributed by atoms with Crippen LogP contribution in [0.25, 0.3) is 11.0 Å². The molecule has 2 aromatic rings. The molecule has 2 heterocycles. The molecule has 0 fully saturated rings. The van der Waals surface area contributed by atoms with Gasteiger partial charge >= 0.3 is 114 Å². The van der Waals surface area contributed by atoms with Crippen LogP contribution in [-0.4, -0.2) is 19.9 Å². The van der Waals surface area contributed by atoms with E-state index in [2.05, 4.69) is 9.97 Å². The molecule has 0 aliphatic carbocycles. The van der Waals surface area contributed by atoms with Gasteiger partial charge in [0.1, 0.15) is 11.0 Å². The Hall–Kier alpha value is 0.893. The molecule has 16 heavy (non-hydrogen) atoms. The van der Waals surface area contributed by atoms with Crippen LogP contribution >= 0.6 is 0 Å². The zero-order chi connectivity index (χ0) is 10.3. The average Bonchev–Trinajstić information content (AvgIpc) is 2.07. The van der Waals surface area contributed by atoms with Crippen LogP contribution < -0.4 is 125 Å². The quantitative estimate of drug-likeness (QED) is 0.355. The van der Waals surface area contributed by atoms with E-state index < -0.39 is 22.5 Å². The van der Waals surface area contributed by atoms with Crippen molar-refractivity contribution in [3.8, 4) is 0 Å². The van der Waals surface area contributed by atoms with Gasteiger partial charge in [0, 0.05) is 0 Å². The topological polar surface area (TPSA) is 131 Å². The second-order valence-corrected chi connectivity index (χ2v) is 2.57. The molecule has 0 radical (unpaired) electrons. The first-order chi connectivity index (χ1) is 6.58. The van der Waals surface area contributed by atoms with Crippen LogP contribution in [0.3, 0.4) is 0 Å². The zero-order valence-electron chi connectivity index (χ0n) is 8.63. The normalized spacial score (nSPS) is 9.25. The van der Waals surface area contributed by atoms with Crippen LogP contribution in [0.2, 0.25) is 0 Å². The number of aromatic nitrogens is 4. The average molecular weight is 274 g/mol. The number of fused-ring (bicyclic) bond motifs is 1. The van der Waals surface area contributed by atoms with E-state index in [1.54, 1.807) is 0 Å². The fraction of sp³-hybridized carbons (Fsp3) is 0. The van der Waals surface area contributed by atoms with E-state index in [0.29, 0.717) is 0 Å². The Morgan fingerprint density at radius 1 is 0.562 bits per heavy atom. The van der Waals surface area contributed by atoms with E-state index in [0.717, 1.165) is 0 Å². The summed E-state index contributed by atoms with van der Waals surface area (Å²) in [7, 11) is 0. The maximum atomic E-state index is 11.1. The summed E-state index contributed by atoms with van der Waals surface area (Å²) in [6, 6.07) is 0. The summed E-state index contributed by atoms with van der Waals surface area (Å²) < 4.78 is 0. The van der Waals surface area contributed by atoms with Gasteiger partial charge in [0.15, 0.2) is 0 Å². The SMILES string of the molecule is O=c1[nH]c(=O)c2[nH]c(=O)[nH]c(=O)c2[nH]1.[K+].[K+]. The molecule has 0 saturated heterocycles. The Labute approximate surface area is 171 Å². The third-order valence-corrected chi connectivity index (χ3v) is 1.64. The van der Waals surface area contributed by atoms with Crippen molar-refractivity contribution in [2.75, 3.05) is 0 Å². The Bertz CT molecular complexity index is 661. The summed E-state index contributed by atoms with van der Waals surface area (Å²) in [6.45, 7) is 0. The number of aromatic amines is 4. The minimum atomic E-state index is -0.813. The van der Waals surface area contributed by atoms with E-state index in [1.165, 1.54) is 0 Å². The molecule has 0 spiro atoms.